The number of hydrogen-bond donors (Lipinski definition) is 1. The monoisotopic (exact) mass is 288 g/mol. The number of ether oxygens (including phenoxy) is 1. The van der Waals surface area contributed by atoms with E-state index in [4.69, 9.17) is 4.74 Å². The molecule has 21 heavy (non-hydrogen) atoms. The van der Waals surface area contributed by atoms with Gasteiger partial charge in [0.2, 0.25) is 5.91 Å². The number of rotatable bonds is 5. The normalized spacial score (nSPS) is 10.7. The summed E-state index contributed by atoms with van der Waals surface area (Å²) in [5.74, 6) is 2.19. The third-order valence-electron chi connectivity index (χ3n) is 3.18. The first-order chi connectivity index (χ1) is 9.97. The number of aryl methyl sites for hydroxylation is 1. The van der Waals surface area contributed by atoms with Crippen molar-refractivity contribution < 1.29 is 9.53 Å². The van der Waals surface area contributed by atoms with E-state index in [1.807, 2.05) is 50.6 Å². The minimum absolute atomic E-state index is 0.0175. The quantitative estimate of drug-likeness (QED) is 0.916. The molecule has 112 valence electrons. The molecule has 0 atom stereocenters. The number of carbonyl (C=O) groups excluding carboxylic acids is 1. The lowest BCUT2D eigenvalue weighted by molar-refractivity contribution is -0.118. The lowest BCUT2D eigenvalue weighted by Gasteiger charge is -2.10. The van der Waals surface area contributed by atoms with E-state index in [0.717, 1.165) is 17.3 Å². The van der Waals surface area contributed by atoms with Crippen molar-refractivity contribution in [2.45, 2.75) is 27.4 Å². The predicted octanol–water partition coefficient (Wildman–Crippen LogP) is 2.30. The number of aromatic nitrogens is 3. The first-order valence-corrected chi connectivity index (χ1v) is 6.86. The molecule has 0 bridgehead atoms. The molecule has 0 saturated heterocycles. The van der Waals surface area contributed by atoms with Gasteiger partial charge in [0, 0.05) is 24.7 Å². The van der Waals surface area contributed by atoms with E-state index in [1.165, 1.54) is 0 Å². The van der Waals surface area contributed by atoms with Crippen LogP contribution in [0.2, 0.25) is 0 Å². The van der Waals surface area contributed by atoms with Crippen molar-refractivity contribution in [3.05, 3.63) is 35.9 Å². The Bertz CT molecular complexity index is 634. The summed E-state index contributed by atoms with van der Waals surface area (Å²) in [6.45, 7) is 5.93. The zero-order valence-electron chi connectivity index (χ0n) is 12.8. The minimum atomic E-state index is -0.0591. The van der Waals surface area contributed by atoms with Gasteiger partial charge >= 0.3 is 0 Å². The summed E-state index contributed by atoms with van der Waals surface area (Å²) in [5, 5.41) is 10.9. The second-order valence-electron chi connectivity index (χ2n) is 5.18. The van der Waals surface area contributed by atoms with Crippen LogP contribution < -0.4 is 10.1 Å². The van der Waals surface area contributed by atoms with E-state index >= 15 is 0 Å². The van der Waals surface area contributed by atoms with Gasteiger partial charge in [0.05, 0.1) is 0 Å². The van der Waals surface area contributed by atoms with Crippen molar-refractivity contribution in [1.82, 2.24) is 14.8 Å². The van der Waals surface area contributed by atoms with E-state index < -0.39 is 0 Å². The second kappa shape index (κ2) is 6.39. The van der Waals surface area contributed by atoms with Crippen LogP contribution in [-0.4, -0.2) is 20.7 Å². The fourth-order valence-electron chi connectivity index (χ4n) is 1.67. The summed E-state index contributed by atoms with van der Waals surface area (Å²) in [6, 6.07) is 7.31. The van der Waals surface area contributed by atoms with Gasteiger partial charge in [-0.25, -0.2) is 0 Å². The van der Waals surface area contributed by atoms with Crippen LogP contribution >= 0.6 is 0 Å². The standard InChI is InChI=1S/C15H20N4O2/c1-10(2)15(20)16-12-6-5-7-13(8-12)21-9-14-18-17-11(3)19(14)4/h5-8,10H,9H2,1-4H3,(H,16,20). The smallest absolute Gasteiger partial charge is 0.226 e. The molecule has 0 spiro atoms. The average Bonchev–Trinajstić information content (AvgIpc) is 2.77. The van der Waals surface area contributed by atoms with Crippen LogP contribution in [0.3, 0.4) is 0 Å². The Balaban J connectivity index is 2.01. The highest BCUT2D eigenvalue weighted by molar-refractivity contribution is 5.92. The van der Waals surface area contributed by atoms with Crippen LogP contribution in [0.4, 0.5) is 5.69 Å². The highest BCUT2D eigenvalue weighted by Crippen LogP contribution is 2.19. The third kappa shape index (κ3) is 3.81. The lowest BCUT2D eigenvalue weighted by atomic mass is 10.2. The van der Waals surface area contributed by atoms with Crippen LogP contribution in [0.15, 0.2) is 24.3 Å². The van der Waals surface area contributed by atoms with Crippen LogP contribution in [0, 0.1) is 12.8 Å². The van der Waals surface area contributed by atoms with Crippen molar-refractivity contribution in [2.24, 2.45) is 13.0 Å². The zero-order chi connectivity index (χ0) is 15.4. The van der Waals surface area contributed by atoms with Gasteiger partial charge in [-0.2, -0.15) is 0 Å². The molecule has 1 aromatic carbocycles. The SMILES string of the molecule is Cc1nnc(COc2cccc(NC(=O)C(C)C)c2)n1C. The Hall–Kier alpha value is -2.37. The number of hydrogen-bond acceptors (Lipinski definition) is 4. The Kier molecular flexibility index (Phi) is 4.57. The molecule has 1 aromatic heterocycles. The van der Waals surface area contributed by atoms with E-state index in [-0.39, 0.29) is 11.8 Å². The summed E-state index contributed by atoms with van der Waals surface area (Å²) >= 11 is 0. The van der Waals surface area contributed by atoms with Gasteiger partial charge in [0.15, 0.2) is 5.82 Å². The van der Waals surface area contributed by atoms with Gasteiger partial charge in [0.1, 0.15) is 18.2 Å². The highest BCUT2D eigenvalue weighted by Gasteiger charge is 2.08. The summed E-state index contributed by atoms with van der Waals surface area (Å²) < 4.78 is 7.57. The molecule has 1 heterocycles. The predicted molar refractivity (Wildman–Crippen MR) is 80.0 cm³/mol. The molecule has 1 N–H and O–H groups in total. The number of benzene rings is 1. The maximum atomic E-state index is 11.7. The molecule has 2 rings (SSSR count). The van der Waals surface area contributed by atoms with Crippen molar-refractivity contribution in [2.75, 3.05) is 5.32 Å². The van der Waals surface area contributed by atoms with Gasteiger partial charge in [-0.3, -0.25) is 4.79 Å². The molecule has 6 heteroatoms. The maximum Gasteiger partial charge on any atom is 0.226 e. The largest absolute Gasteiger partial charge is 0.486 e. The number of anilines is 1. The van der Waals surface area contributed by atoms with E-state index in [1.54, 1.807) is 6.07 Å². The molecule has 6 nitrogen and oxygen atoms in total. The maximum absolute atomic E-state index is 11.7. The summed E-state index contributed by atoms with van der Waals surface area (Å²) in [6.07, 6.45) is 0. The Labute approximate surface area is 124 Å². The summed E-state index contributed by atoms with van der Waals surface area (Å²) in [4.78, 5) is 11.7. The van der Waals surface area contributed by atoms with Crippen LogP contribution in [0.25, 0.3) is 0 Å². The van der Waals surface area contributed by atoms with E-state index in [2.05, 4.69) is 15.5 Å². The van der Waals surface area contributed by atoms with E-state index in [0.29, 0.717) is 12.4 Å². The highest BCUT2D eigenvalue weighted by atomic mass is 16.5. The van der Waals surface area contributed by atoms with Gasteiger partial charge in [-0.15, -0.1) is 10.2 Å². The number of nitrogens with one attached hydrogen (secondary N) is 1. The van der Waals surface area contributed by atoms with E-state index in [9.17, 15) is 4.79 Å². The molecule has 1 amide bonds. The second-order valence-corrected chi connectivity index (χ2v) is 5.18. The van der Waals surface area contributed by atoms with Crippen LogP contribution in [0.5, 0.6) is 5.75 Å². The fourth-order valence-corrected chi connectivity index (χ4v) is 1.67. The average molecular weight is 288 g/mol. The first kappa shape index (κ1) is 15.0. The Morgan fingerprint density at radius 1 is 1.38 bits per heavy atom. The molecule has 0 fully saturated rings. The third-order valence-corrected chi connectivity index (χ3v) is 3.18. The van der Waals surface area contributed by atoms with Crippen molar-refractivity contribution in [1.29, 1.82) is 0 Å². The summed E-state index contributed by atoms with van der Waals surface area (Å²) in [7, 11) is 1.90. The molecule has 0 aliphatic carbocycles. The topological polar surface area (TPSA) is 69.0 Å². The first-order valence-electron chi connectivity index (χ1n) is 6.86. The lowest BCUT2D eigenvalue weighted by Crippen LogP contribution is -2.17. The summed E-state index contributed by atoms with van der Waals surface area (Å²) in [5.41, 5.74) is 0.723. The molecule has 0 saturated carbocycles. The molecule has 0 unspecified atom stereocenters. The van der Waals surface area contributed by atoms with Gasteiger partial charge in [-0.1, -0.05) is 19.9 Å². The molecule has 0 radical (unpaired) electrons. The van der Waals surface area contributed by atoms with Crippen molar-refractivity contribution >= 4 is 11.6 Å². The molecule has 2 aromatic rings. The molecular formula is C15H20N4O2. The number of carbonyl (C=O) groups is 1. The van der Waals surface area contributed by atoms with Crippen LogP contribution in [-0.2, 0) is 18.4 Å². The molecule has 0 aliphatic rings. The Morgan fingerprint density at radius 2 is 2.14 bits per heavy atom. The van der Waals surface area contributed by atoms with Gasteiger partial charge in [-0.05, 0) is 19.1 Å². The zero-order valence-corrected chi connectivity index (χ0v) is 12.8. The molecular weight excluding hydrogens is 268 g/mol. The van der Waals surface area contributed by atoms with Gasteiger partial charge in [0.25, 0.3) is 0 Å². The molecule has 0 aliphatic heterocycles. The number of nitrogens with zero attached hydrogens (tertiary/aromatic N) is 3. The van der Waals surface area contributed by atoms with Gasteiger partial charge < -0.3 is 14.6 Å². The van der Waals surface area contributed by atoms with Crippen LogP contribution in [0.1, 0.15) is 25.5 Å². The number of amides is 1. The Morgan fingerprint density at radius 3 is 2.76 bits per heavy atom. The fraction of sp³-hybridized carbons (Fsp3) is 0.400. The van der Waals surface area contributed by atoms with Crippen molar-refractivity contribution in [3.8, 4) is 5.75 Å². The minimum Gasteiger partial charge on any atom is -0.486 e. The van der Waals surface area contributed by atoms with Crippen molar-refractivity contribution in [3.63, 3.8) is 0 Å².